The Morgan fingerprint density at radius 3 is 2.58 bits per heavy atom. The monoisotopic (exact) mass is 261 g/mol. The van der Waals surface area contributed by atoms with Crippen LogP contribution >= 0.6 is 0 Å². The molecule has 0 aliphatic heterocycles. The van der Waals surface area contributed by atoms with Crippen LogP contribution in [0, 0.1) is 0 Å². The van der Waals surface area contributed by atoms with Crippen molar-refractivity contribution in [2.24, 2.45) is 0 Å². The van der Waals surface area contributed by atoms with Gasteiger partial charge in [0.05, 0.1) is 7.11 Å². The second-order valence-electron chi connectivity index (χ2n) is 3.60. The van der Waals surface area contributed by atoms with Crippen molar-refractivity contribution < 1.29 is 19.1 Å². The first-order valence-corrected chi connectivity index (χ1v) is 5.76. The lowest BCUT2D eigenvalue weighted by atomic mass is 10.1. The first-order chi connectivity index (χ1) is 9.15. The summed E-state index contributed by atoms with van der Waals surface area (Å²) in [4.78, 5) is 35.1. The highest BCUT2D eigenvalue weighted by Crippen LogP contribution is 2.14. The van der Waals surface area contributed by atoms with Gasteiger partial charge in [-0.15, -0.1) is 0 Å². The molecular weight excluding hydrogens is 246 g/mol. The summed E-state index contributed by atoms with van der Waals surface area (Å²) >= 11 is 0. The van der Waals surface area contributed by atoms with E-state index in [1.165, 1.54) is 19.3 Å². The van der Waals surface area contributed by atoms with Crippen LogP contribution in [0.3, 0.4) is 0 Å². The smallest absolute Gasteiger partial charge is 0.416 e. The molecule has 0 atom stereocenters. The highest BCUT2D eigenvalue weighted by molar-refractivity contribution is 6.05. The van der Waals surface area contributed by atoms with Crippen LogP contribution in [0.5, 0.6) is 0 Å². The summed E-state index contributed by atoms with van der Waals surface area (Å²) in [5, 5.41) is 0. The summed E-state index contributed by atoms with van der Waals surface area (Å²) in [7, 11) is 1.22. The van der Waals surface area contributed by atoms with Crippen LogP contribution in [-0.4, -0.2) is 36.8 Å². The maximum absolute atomic E-state index is 12.3. The molecule has 0 aromatic heterocycles. The van der Waals surface area contributed by atoms with Gasteiger partial charge < -0.3 is 4.74 Å². The van der Waals surface area contributed by atoms with E-state index in [-0.39, 0.29) is 6.54 Å². The normalized spacial score (nSPS) is 10.2. The molecule has 0 fully saturated rings. The number of carbonyl (C=O) groups excluding carboxylic acids is 3. The number of hydrogen-bond donors (Lipinski definition) is 0. The molecule has 0 saturated carbocycles. The lowest BCUT2D eigenvalue weighted by Crippen LogP contribution is -2.36. The Bertz CT molecular complexity index is 508. The van der Waals surface area contributed by atoms with Crippen LogP contribution in [0.1, 0.15) is 22.8 Å². The van der Waals surface area contributed by atoms with Gasteiger partial charge in [0.15, 0.2) is 0 Å². The SMILES string of the molecule is CCN(C(=O)OC)C(=O)c1ccccc1/C=C/C=O. The van der Waals surface area contributed by atoms with E-state index in [0.29, 0.717) is 17.4 Å². The van der Waals surface area contributed by atoms with E-state index in [9.17, 15) is 14.4 Å². The number of methoxy groups -OCH3 is 1. The second-order valence-corrected chi connectivity index (χ2v) is 3.60. The third-order valence-electron chi connectivity index (χ3n) is 2.50. The quantitative estimate of drug-likeness (QED) is 0.615. The average molecular weight is 261 g/mol. The third-order valence-corrected chi connectivity index (χ3v) is 2.50. The molecule has 0 radical (unpaired) electrons. The van der Waals surface area contributed by atoms with Gasteiger partial charge in [0, 0.05) is 12.1 Å². The number of amides is 2. The van der Waals surface area contributed by atoms with Crippen LogP contribution < -0.4 is 0 Å². The number of aldehydes is 1. The Labute approximate surface area is 111 Å². The predicted octanol–water partition coefficient (Wildman–Crippen LogP) is 2.13. The molecule has 0 saturated heterocycles. The molecule has 0 bridgehead atoms. The summed E-state index contributed by atoms with van der Waals surface area (Å²) in [5.41, 5.74) is 0.912. The minimum Gasteiger partial charge on any atom is -0.452 e. The van der Waals surface area contributed by atoms with Crippen molar-refractivity contribution in [2.75, 3.05) is 13.7 Å². The summed E-state index contributed by atoms with van der Waals surface area (Å²) in [5.74, 6) is -0.458. The molecule has 0 aliphatic carbocycles. The predicted molar refractivity (Wildman–Crippen MR) is 70.7 cm³/mol. The first-order valence-electron chi connectivity index (χ1n) is 5.76. The van der Waals surface area contributed by atoms with E-state index in [1.54, 1.807) is 31.2 Å². The van der Waals surface area contributed by atoms with Gasteiger partial charge in [0.2, 0.25) is 0 Å². The van der Waals surface area contributed by atoms with Crippen LogP contribution in [0.25, 0.3) is 6.08 Å². The van der Waals surface area contributed by atoms with Crippen molar-refractivity contribution >= 4 is 24.4 Å². The molecule has 0 unspecified atom stereocenters. The molecule has 1 aromatic rings. The highest BCUT2D eigenvalue weighted by atomic mass is 16.5. The minimum absolute atomic E-state index is 0.206. The number of rotatable bonds is 4. The van der Waals surface area contributed by atoms with Crippen LogP contribution in [0.15, 0.2) is 30.3 Å². The van der Waals surface area contributed by atoms with Crippen molar-refractivity contribution in [1.82, 2.24) is 4.90 Å². The van der Waals surface area contributed by atoms with E-state index >= 15 is 0 Å². The zero-order valence-corrected chi connectivity index (χ0v) is 10.8. The Morgan fingerprint density at radius 1 is 1.32 bits per heavy atom. The second kappa shape index (κ2) is 7.10. The molecule has 1 rings (SSSR count). The molecule has 0 N–H and O–H groups in total. The third kappa shape index (κ3) is 3.51. The Hall–Kier alpha value is -2.43. The van der Waals surface area contributed by atoms with E-state index in [0.717, 1.165) is 4.90 Å². The highest BCUT2D eigenvalue weighted by Gasteiger charge is 2.22. The zero-order valence-electron chi connectivity index (χ0n) is 10.8. The molecule has 0 aliphatic rings. The van der Waals surface area contributed by atoms with Crippen molar-refractivity contribution in [3.63, 3.8) is 0 Å². The fourth-order valence-corrected chi connectivity index (χ4v) is 1.59. The first kappa shape index (κ1) is 14.6. The number of allylic oxidation sites excluding steroid dienone is 1. The number of hydrogen-bond acceptors (Lipinski definition) is 4. The van der Waals surface area contributed by atoms with Gasteiger partial charge in [-0.1, -0.05) is 24.3 Å². The maximum atomic E-state index is 12.3. The summed E-state index contributed by atoms with van der Waals surface area (Å²) in [6.45, 7) is 1.88. The van der Waals surface area contributed by atoms with Gasteiger partial charge in [0.1, 0.15) is 6.29 Å². The fourth-order valence-electron chi connectivity index (χ4n) is 1.59. The number of nitrogens with zero attached hydrogens (tertiary/aromatic N) is 1. The molecule has 19 heavy (non-hydrogen) atoms. The van der Waals surface area contributed by atoms with Crippen LogP contribution in [0.4, 0.5) is 4.79 Å². The lowest BCUT2D eigenvalue weighted by Gasteiger charge is -2.18. The standard InChI is InChI=1S/C14H15NO4/c1-3-15(14(18)19-2)13(17)12-9-5-4-7-11(12)8-6-10-16/h4-10H,3H2,1-2H3/b8-6+. The Kier molecular flexibility index (Phi) is 5.47. The molecule has 0 spiro atoms. The van der Waals surface area contributed by atoms with Gasteiger partial charge in [-0.05, 0) is 24.6 Å². The molecular formula is C14H15NO4. The summed E-state index contributed by atoms with van der Waals surface area (Å²) in [6.07, 6.45) is 2.73. The van der Waals surface area contributed by atoms with Crippen molar-refractivity contribution in [1.29, 1.82) is 0 Å². The summed E-state index contributed by atoms with van der Waals surface area (Å²) < 4.78 is 4.56. The van der Waals surface area contributed by atoms with Crippen molar-refractivity contribution in [3.05, 3.63) is 41.5 Å². The van der Waals surface area contributed by atoms with Gasteiger partial charge in [-0.25, -0.2) is 9.69 Å². The van der Waals surface area contributed by atoms with Gasteiger partial charge in [-0.2, -0.15) is 0 Å². The van der Waals surface area contributed by atoms with Crippen LogP contribution in [0.2, 0.25) is 0 Å². The summed E-state index contributed by atoms with van der Waals surface area (Å²) in [6, 6.07) is 6.73. The number of imide groups is 1. The van der Waals surface area contributed by atoms with E-state index in [2.05, 4.69) is 4.74 Å². The van der Waals surface area contributed by atoms with E-state index < -0.39 is 12.0 Å². The van der Waals surface area contributed by atoms with Crippen LogP contribution in [-0.2, 0) is 9.53 Å². The largest absolute Gasteiger partial charge is 0.452 e. The molecule has 5 nitrogen and oxygen atoms in total. The van der Waals surface area contributed by atoms with Gasteiger partial charge in [0.25, 0.3) is 5.91 Å². The Balaban J connectivity index is 3.14. The van der Waals surface area contributed by atoms with Crippen molar-refractivity contribution in [3.8, 4) is 0 Å². The van der Waals surface area contributed by atoms with Gasteiger partial charge in [-0.3, -0.25) is 9.59 Å². The topological polar surface area (TPSA) is 63.7 Å². The van der Waals surface area contributed by atoms with E-state index in [1.807, 2.05) is 0 Å². The number of benzene rings is 1. The van der Waals surface area contributed by atoms with Crippen molar-refractivity contribution in [2.45, 2.75) is 6.92 Å². The van der Waals surface area contributed by atoms with Gasteiger partial charge >= 0.3 is 6.09 Å². The Morgan fingerprint density at radius 2 is 2.00 bits per heavy atom. The zero-order chi connectivity index (χ0) is 14.3. The molecule has 100 valence electrons. The maximum Gasteiger partial charge on any atom is 0.416 e. The number of carbonyl (C=O) groups is 3. The number of ether oxygens (including phenoxy) is 1. The lowest BCUT2D eigenvalue weighted by molar-refractivity contribution is -0.104. The minimum atomic E-state index is -0.707. The molecule has 2 amide bonds. The van der Waals surface area contributed by atoms with E-state index in [4.69, 9.17) is 0 Å². The average Bonchev–Trinajstić information content (AvgIpc) is 2.45. The molecule has 5 heteroatoms. The fraction of sp³-hybridized carbons (Fsp3) is 0.214. The molecule has 1 aromatic carbocycles. The molecule has 0 heterocycles.